The van der Waals surface area contributed by atoms with Gasteiger partial charge in [0.15, 0.2) is 5.65 Å². The summed E-state index contributed by atoms with van der Waals surface area (Å²) in [5.41, 5.74) is 1.99. The molecule has 1 saturated heterocycles. The summed E-state index contributed by atoms with van der Waals surface area (Å²) in [6, 6.07) is 6.00. The van der Waals surface area contributed by atoms with Crippen LogP contribution < -0.4 is 5.32 Å². The van der Waals surface area contributed by atoms with E-state index in [-0.39, 0.29) is 0 Å². The summed E-state index contributed by atoms with van der Waals surface area (Å²) >= 11 is 0. The third-order valence-electron chi connectivity index (χ3n) is 3.41. The van der Waals surface area contributed by atoms with E-state index in [9.17, 15) is 0 Å². The van der Waals surface area contributed by atoms with Gasteiger partial charge in [0.05, 0.1) is 0 Å². The van der Waals surface area contributed by atoms with Gasteiger partial charge in [-0.25, -0.2) is 4.52 Å². The number of nitrogens with one attached hydrogen (secondary N) is 1. The molecule has 1 aliphatic rings. The third-order valence-corrected chi connectivity index (χ3v) is 3.41. The van der Waals surface area contributed by atoms with E-state index in [1.807, 2.05) is 29.6 Å². The molecule has 0 spiro atoms. The zero-order valence-corrected chi connectivity index (χ0v) is 10.6. The summed E-state index contributed by atoms with van der Waals surface area (Å²) in [7, 11) is 0. The number of fused-ring (bicyclic) bond motifs is 1. The standard InChI is InChI=1S/C13H18N4O/c1-10-3-2-4-12-15-13(16-17(10)12)14-7-5-11-6-8-18-9-11/h2-4,11H,5-9H2,1H3,(H,14,16). The van der Waals surface area contributed by atoms with Gasteiger partial charge >= 0.3 is 0 Å². The highest BCUT2D eigenvalue weighted by molar-refractivity contribution is 5.44. The Morgan fingerprint density at radius 1 is 1.50 bits per heavy atom. The predicted octanol–water partition coefficient (Wildman–Crippen LogP) is 1.88. The molecule has 2 aromatic heterocycles. The van der Waals surface area contributed by atoms with Gasteiger partial charge in [-0.2, -0.15) is 4.98 Å². The number of aromatic nitrogens is 3. The molecule has 5 nitrogen and oxygen atoms in total. The molecule has 96 valence electrons. The molecule has 1 atom stereocenters. The number of aryl methyl sites for hydroxylation is 1. The lowest BCUT2D eigenvalue weighted by atomic mass is 10.1. The predicted molar refractivity (Wildman–Crippen MR) is 69.8 cm³/mol. The lowest BCUT2D eigenvalue weighted by Crippen LogP contribution is -2.10. The van der Waals surface area contributed by atoms with Gasteiger partial charge in [0.25, 0.3) is 0 Å². The maximum atomic E-state index is 5.36. The average molecular weight is 246 g/mol. The Bertz CT molecular complexity index is 531. The fourth-order valence-corrected chi connectivity index (χ4v) is 2.31. The number of anilines is 1. The zero-order valence-electron chi connectivity index (χ0n) is 10.6. The van der Waals surface area contributed by atoms with Crippen LogP contribution in [-0.2, 0) is 4.74 Å². The number of pyridine rings is 1. The lowest BCUT2D eigenvalue weighted by Gasteiger charge is -2.06. The molecule has 0 aliphatic carbocycles. The van der Waals surface area contributed by atoms with Crippen molar-refractivity contribution in [2.75, 3.05) is 25.1 Å². The van der Waals surface area contributed by atoms with Crippen LogP contribution in [0.1, 0.15) is 18.5 Å². The van der Waals surface area contributed by atoms with Gasteiger partial charge in [-0.05, 0) is 37.8 Å². The van der Waals surface area contributed by atoms with Crippen LogP contribution in [-0.4, -0.2) is 34.4 Å². The van der Waals surface area contributed by atoms with Crippen molar-refractivity contribution in [1.82, 2.24) is 14.6 Å². The van der Waals surface area contributed by atoms with E-state index in [0.29, 0.717) is 11.9 Å². The molecule has 1 fully saturated rings. The molecular formula is C13H18N4O. The number of nitrogens with zero attached hydrogens (tertiary/aromatic N) is 3. The highest BCUT2D eigenvalue weighted by Gasteiger charge is 2.15. The summed E-state index contributed by atoms with van der Waals surface area (Å²) in [4.78, 5) is 4.45. The van der Waals surface area contributed by atoms with Crippen molar-refractivity contribution >= 4 is 11.6 Å². The molecule has 0 bridgehead atoms. The first kappa shape index (κ1) is 11.5. The maximum absolute atomic E-state index is 5.36. The summed E-state index contributed by atoms with van der Waals surface area (Å²) in [6.07, 6.45) is 2.30. The number of hydrogen-bond acceptors (Lipinski definition) is 4. The quantitative estimate of drug-likeness (QED) is 0.895. The second kappa shape index (κ2) is 4.94. The average Bonchev–Trinajstić information content (AvgIpc) is 2.98. The Balaban J connectivity index is 1.62. The zero-order chi connectivity index (χ0) is 12.4. The summed E-state index contributed by atoms with van der Waals surface area (Å²) in [6.45, 7) is 4.75. The van der Waals surface area contributed by atoms with E-state index in [1.165, 1.54) is 6.42 Å². The van der Waals surface area contributed by atoms with Crippen LogP contribution in [0.5, 0.6) is 0 Å². The number of hydrogen-bond donors (Lipinski definition) is 1. The first-order valence-electron chi connectivity index (χ1n) is 6.47. The van der Waals surface area contributed by atoms with E-state index in [1.54, 1.807) is 0 Å². The topological polar surface area (TPSA) is 51.5 Å². The number of rotatable bonds is 4. The minimum atomic E-state index is 0.691. The molecule has 1 N–H and O–H groups in total. The van der Waals surface area contributed by atoms with Crippen LogP contribution in [0.25, 0.3) is 5.65 Å². The molecule has 5 heteroatoms. The van der Waals surface area contributed by atoms with Crippen LogP contribution >= 0.6 is 0 Å². The second-order valence-electron chi connectivity index (χ2n) is 4.82. The van der Waals surface area contributed by atoms with Crippen molar-refractivity contribution in [3.63, 3.8) is 0 Å². The molecule has 2 aromatic rings. The van der Waals surface area contributed by atoms with Crippen LogP contribution in [0.3, 0.4) is 0 Å². The van der Waals surface area contributed by atoms with Crippen LogP contribution in [0, 0.1) is 12.8 Å². The van der Waals surface area contributed by atoms with Gasteiger partial charge < -0.3 is 10.1 Å². The second-order valence-corrected chi connectivity index (χ2v) is 4.82. The molecule has 0 radical (unpaired) electrons. The molecule has 1 aliphatic heterocycles. The first-order chi connectivity index (χ1) is 8.83. The van der Waals surface area contributed by atoms with Crippen molar-refractivity contribution in [1.29, 1.82) is 0 Å². The fourth-order valence-electron chi connectivity index (χ4n) is 2.31. The van der Waals surface area contributed by atoms with Gasteiger partial charge in [0, 0.05) is 25.5 Å². The van der Waals surface area contributed by atoms with Gasteiger partial charge in [0.2, 0.25) is 5.95 Å². The Labute approximate surface area is 106 Å². The number of ether oxygens (including phenoxy) is 1. The molecule has 0 saturated carbocycles. The Hall–Kier alpha value is -1.62. The van der Waals surface area contributed by atoms with Crippen molar-refractivity contribution < 1.29 is 4.74 Å². The minimum absolute atomic E-state index is 0.691. The minimum Gasteiger partial charge on any atom is -0.381 e. The maximum Gasteiger partial charge on any atom is 0.243 e. The Morgan fingerprint density at radius 3 is 3.22 bits per heavy atom. The molecule has 0 amide bonds. The molecule has 18 heavy (non-hydrogen) atoms. The highest BCUT2D eigenvalue weighted by Crippen LogP contribution is 2.16. The third kappa shape index (κ3) is 2.31. The normalized spacial score (nSPS) is 19.5. The molecular weight excluding hydrogens is 228 g/mol. The summed E-state index contributed by atoms with van der Waals surface area (Å²) < 4.78 is 7.22. The molecule has 0 aromatic carbocycles. The van der Waals surface area contributed by atoms with E-state index in [0.717, 1.165) is 37.5 Å². The van der Waals surface area contributed by atoms with Crippen LogP contribution in [0.2, 0.25) is 0 Å². The molecule has 3 rings (SSSR count). The van der Waals surface area contributed by atoms with Crippen molar-refractivity contribution in [3.05, 3.63) is 23.9 Å². The van der Waals surface area contributed by atoms with Gasteiger partial charge in [-0.3, -0.25) is 0 Å². The molecule has 1 unspecified atom stereocenters. The van der Waals surface area contributed by atoms with Crippen LogP contribution in [0.4, 0.5) is 5.95 Å². The SMILES string of the molecule is Cc1cccc2nc(NCCC3CCOC3)nn12. The largest absolute Gasteiger partial charge is 0.381 e. The smallest absolute Gasteiger partial charge is 0.243 e. The van der Waals surface area contributed by atoms with Gasteiger partial charge in [-0.15, -0.1) is 5.10 Å². The monoisotopic (exact) mass is 246 g/mol. The molecule has 3 heterocycles. The Morgan fingerprint density at radius 2 is 2.44 bits per heavy atom. The van der Waals surface area contributed by atoms with E-state index in [2.05, 4.69) is 15.4 Å². The summed E-state index contributed by atoms with van der Waals surface area (Å²) in [5.74, 6) is 1.40. The lowest BCUT2D eigenvalue weighted by molar-refractivity contribution is 0.185. The van der Waals surface area contributed by atoms with Gasteiger partial charge in [0.1, 0.15) is 0 Å². The Kier molecular flexibility index (Phi) is 3.15. The van der Waals surface area contributed by atoms with Crippen molar-refractivity contribution in [3.8, 4) is 0 Å². The van der Waals surface area contributed by atoms with Gasteiger partial charge in [-0.1, -0.05) is 6.07 Å². The van der Waals surface area contributed by atoms with Crippen molar-refractivity contribution in [2.24, 2.45) is 5.92 Å². The van der Waals surface area contributed by atoms with Crippen LogP contribution in [0.15, 0.2) is 18.2 Å². The highest BCUT2D eigenvalue weighted by atomic mass is 16.5. The first-order valence-corrected chi connectivity index (χ1v) is 6.47. The fraction of sp³-hybridized carbons (Fsp3) is 0.538. The summed E-state index contributed by atoms with van der Waals surface area (Å²) in [5, 5.41) is 7.73. The van der Waals surface area contributed by atoms with E-state index >= 15 is 0 Å². The van der Waals surface area contributed by atoms with E-state index in [4.69, 9.17) is 4.74 Å². The van der Waals surface area contributed by atoms with E-state index < -0.39 is 0 Å². The van der Waals surface area contributed by atoms with Crippen molar-refractivity contribution in [2.45, 2.75) is 19.8 Å².